The molecular formula is C23H21ClN2O5. The van der Waals surface area contributed by atoms with Crippen LogP contribution in [0.3, 0.4) is 0 Å². The quantitative estimate of drug-likeness (QED) is 0.358. The molecule has 1 N–H and O–H groups in total. The number of hydrogen-bond acceptors (Lipinski definition) is 6. The molecule has 2 aromatic heterocycles. The molecule has 0 saturated carbocycles. The molecule has 0 unspecified atom stereocenters. The van der Waals surface area contributed by atoms with Crippen molar-refractivity contribution in [3.63, 3.8) is 0 Å². The Morgan fingerprint density at radius 2 is 1.94 bits per heavy atom. The summed E-state index contributed by atoms with van der Waals surface area (Å²) >= 11 is 6.10. The van der Waals surface area contributed by atoms with E-state index in [0.717, 1.165) is 21.8 Å². The molecule has 4 aromatic rings. The summed E-state index contributed by atoms with van der Waals surface area (Å²) in [6.45, 7) is 3.66. The summed E-state index contributed by atoms with van der Waals surface area (Å²) in [7, 11) is 1.56. The lowest BCUT2D eigenvalue weighted by Gasteiger charge is -2.12. The molecule has 0 aliphatic heterocycles. The zero-order valence-electron chi connectivity index (χ0n) is 17.3. The van der Waals surface area contributed by atoms with Crippen LogP contribution in [0.2, 0.25) is 5.02 Å². The van der Waals surface area contributed by atoms with Crippen LogP contribution in [0.5, 0.6) is 17.4 Å². The number of carbonyl (C=O) groups is 1. The Balaban J connectivity index is 1.87. The number of aromatic amines is 1. The predicted octanol–water partition coefficient (Wildman–Crippen LogP) is 6.23. The van der Waals surface area contributed by atoms with Gasteiger partial charge in [-0.15, -0.1) is 0 Å². The topological polar surface area (TPSA) is 82.7 Å². The molecule has 2 aromatic carbocycles. The van der Waals surface area contributed by atoms with Crippen molar-refractivity contribution in [3.05, 3.63) is 59.2 Å². The van der Waals surface area contributed by atoms with Crippen molar-refractivity contribution < 1.29 is 23.7 Å². The average Bonchev–Trinajstić information content (AvgIpc) is 3.09. The third kappa shape index (κ3) is 4.42. The van der Waals surface area contributed by atoms with Crippen LogP contribution in [0, 0.1) is 0 Å². The summed E-state index contributed by atoms with van der Waals surface area (Å²) in [5.41, 5.74) is 2.21. The van der Waals surface area contributed by atoms with Gasteiger partial charge in [-0.1, -0.05) is 23.7 Å². The Bertz CT molecular complexity index is 1250. The maximum absolute atomic E-state index is 12.1. The summed E-state index contributed by atoms with van der Waals surface area (Å²) in [5, 5.41) is 2.18. The summed E-state index contributed by atoms with van der Waals surface area (Å²) in [4.78, 5) is 19.7. The number of carbonyl (C=O) groups excluding carboxylic acids is 1. The van der Waals surface area contributed by atoms with Crippen LogP contribution >= 0.6 is 11.6 Å². The van der Waals surface area contributed by atoms with Crippen LogP contribution < -0.4 is 9.47 Å². The number of benzene rings is 2. The van der Waals surface area contributed by atoms with Gasteiger partial charge in [0.2, 0.25) is 5.88 Å². The van der Waals surface area contributed by atoms with E-state index in [1.807, 2.05) is 30.3 Å². The molecule has 0 saturated heterocycles. The number of nitrogens with zero attached hydrogens (tertiary/aromatic N) is 1. The molecule has 4 rings (SSSR count). The van der Waals surface area contributed by atoms with Gasteiger partial charge in [-0.25, -0.2) is 9.78 Å². The van der Waals surface area contributed by atoms with Crippen molar-refractivity contribution in [2.45, 2.75) is 26.6 Å². The Hall–Kier alpha value is -3.29. The number of ether oxygens (including phenoxy) is 4. The Morgan fingerprint density at radius 3 is 2.68 bits per heavy atom. The molecule has 0 fully saturated rings. The van der Waals surface area contributed by atoms with Crippen LogP contribution in [0.15, 0.2) is 48.7 Å². The van der Waals surface area contributed by atoms with E-state index in [0.29, 0.717) is 22.1 Å². The monoisotopic (exact) mass is 440 g/mol. The Morgan fingerprint density at radius 1 is 1.13 bits per heavy atom. The highest BCUT2D eigenvalue weighted by Gasteiger charge is 2.21. The van der Waals surface area contributed by atoms with E-state index in [4.69, 9.17) is 30.5 Å². The van der Waals surface area contributed by atoms with E-state index in [2.05, 4.69) is 9.97 Å². The highest BCUT2D eigenvalue weighted by Crippen LogP contribution is 2.39. The number of halogens is 1. The van der Waals surface area contributed by atoms with E-state index in [1.54, 1.807) is 39.3 Å². The second-order valence-corrected chi connectivity index (χ2v) is 7.58. The molecule has 8 heteroatoms. The van der Waals surface area contributed by atoms with Gasteiger partial charge in [0.15, 0.2) is 0 Å². The summed E-state index contributed by atoms with van der Waals surface area (Å²) in [6, 6.07) is 12.9. The van der Waals surface area contributed by atoms with Crippen LogP contribution in [0.4, 0.5) is 4.79 Å². The van der Waals surface area contributed by atoms with Gasteiger partial charge in [0, 0.05) is 17.5 Å². The molecule has 0 aliphatic rings. The Labute approximate surface area is 183 Å². The van der Waals surface area contributed by atoms with Gasteiger partial charge >= 0.3 is 6.16 Å². The highest BCUT2D eigenvalue weighted by molar-refractivity contribution is 6.30. The zero-order chi connectivity index (χ0) is 22.0. The average molecular weight is 441 g/mol. The molecule has 0 amide bonds. The molecule has 2 heterocycles. The van der Waals surface area contributed by atoms with E-state index in [1.165, 1.54) is 0 Å². The van der Waals surface area contributed by atoms with Gasteiger partial charge in [0.25, 0.3) is 0 Å². The van der Waals surface area contributed by atoms with Gasteiger partial charge in [-0.2, -0.15) is 0 Å². The van der Waals surface area contributed by atoms with Crippen LogP contribution in [-0.4, -0.2) is 29.3 Å². The van der Waals surface area contributed by atoms with E-state index in [-0.39, 0.29) is 18.6 Å². The third-order valence-electron chi connectivity index (χ3n) is 4.51. The molecule has 0 radical (unpaired) electrons. The number of methoxy groups -OCH3 is 1. The van der Waals surface area contributed by atoms with Gasteiger partial charge in [0.05, 0.1) is 40.9 Å². The fourth-order valence-corrected chi connectivity index (χ4v) is 3.54. The number of aromatic nitrogens is 2. The van der Waals surface area contributed by atoms with Crippen molar-refractivity contribution in [1.82, 2.24) is 9.97 Å². The van der Waals surface area contributed by atoms with Crippen molar-refractivity contribution in [2.75, 3.05) is 7.11 Å². The van der Waals surface area contributed by atoms with Crippen LogP contribution in [0.1, 0.15) is 19.4 Å². The lowest BCUT2D eigenvalue weighted by Crippen LogP contribution is -2.17. The number of H-pyrrole nitrogens is 1. The molecular weight excluding hydrogens is 420 g/mol. The lowest BCUT2D eigenvalue weighted by molar-refractivity contribution is 0.0705. The SMILES string of the molecule is COCc1c(OC(=O)OC(C)C)ncc2[nH]c3cccc(Oc4cccc(Cl)c4)c3c12. The minimum atomic E-state index is -0.825. The Kier molecular flexibility index (Phi) is 5.97. The van der Waals surface area contributed by atoms with Crippen molar-refractivity contribution in [2.24, 2.45) is 0 Å². The minimum absolute atomic E-state index is 0.124. The van der Waals surface area contributed by atoms with Crippen molar-refractivity contribution >= 4 is 39.6 Å². The molecule has 160 valence electrons. The third-order valence-corrected chi connectivity index (χ3v) is 4.75. The number of fused-ring (bicyclic) bond motifs is 3. The number of nitrogens with one attached hydrogen (secondary N) is 1. The van der Waals surface area contributed by atoms with E-state index < -0.39 is 6.16 Å². The first-order valence-electron chi connectivity index (χ1n) is 9.69. The first kappa shape index (κ1) is 21.0. The van der Waals surface area contributed by atoms with Crippen LogP contribution in [-0.2, 0) is 16.1 Å². The van der Waals surface area contributed by atoms with Gasteiger partial charge in [-0.05, 0) is 44.2 Å². The summed E-state index contributed by atoms with van der Waals surface area (Å²) in [6.07, 6.45) is 0.470. The highest BCUT2D eigenvalue weighted by atomic mass is 35.5. The zero-order valence-corrected chi connectivity index (χ0v) is 18.0. The van der Waals surface area contributed by atoms with E-state index in [9.17, 15) is 4.79 Å². The first-order valence-corrected chi connectivity index (χ1v) is 10.1. The smallest absolute Gasteiger partial charge is 0.457 e. The molecule has 0 atom stereocenters. The number of pyridine rings is 1. The summed E-state index contributed by atoms with van der Waals surface area (Å²) in [5.74, 6) is 1.34. The fourth-order valence-electron chi connectivity index (χ4n) is 3.36. The minimum Gasteiger partial charge on any atom is -0.457 e. The number of rotatable bonds is 6. The molecule has 0 aliphatic carbocycles. The summed E-state index contributed by atoms with van der Waals surface area (Å²) < 4.78 is 22.0. The van der Waals surface area contributed by atoms with Gasteiger partial charge < -0.3 is 23.9 Å². The molecule has 31 heavy (non-hydrogen) atoms. The lowest BCUT2D eigenvalue weighted by atomic mass is 10.1. The second-order valence-electron chi connectivity index (χ2n) is 7.15. The molecule has 7 nitrogen and oxygen atoms in total. The molecule has 0 bridgehead atoms. The number of hydrogen-bond donors (Lipinski definition) is 1. The maximum Gasteiger partial charge on any atom is 0.515 e. The second kappa shape index (κ2) is 8.83. The fraction of sp³-hybridized carbons (Fsp3) is 0.217. The molecule has 0 spiro atoms. The van der Waals surface area contributed by atoms with Crippen molar-refractivity contribution in [1.29, 1.82) is 0 Å². The van der Waals surface area contributed by atoms with Crippen LogP contribution in [0.25, 0.3) is 21.8 Å². The van der Waals surface area contributed by atoms with Gasteiger partial charge in [0.1, 0.15) is 11.5 Å². The van der Waals surface area contributed by atoms with Crippen molar-refractivity contribution in [3.8, 4) is 17.4 Å². The first-order chi connectivity index (χ1) is 15.0. The van der Waals surface area contributed by atoms with Gasteiger partial charge in [-0.3, -0.25) is 0 Å². The standard InChI is InChI=1S/C23H21ClN2O5/c1-13(2)29-23(27)31-22-16(12-28-3)20-18(11-25-22)26-17-8-5-9-19(21(17)20)30-15-7-4-6-14(24)10-15/h4-11,13,26H,12H2,1-3H3. The predicted molar refractivity (Wildman–Crippen MR) is 118 cm³/mol. The largest absolute Gasteiger partial charge is 0.515 e. The van der Waals surface area contributed by atoms with E-state index >= 15 is 0 Å². The maximum atomic E-state index is 12.1. The normalized spacial score (nSPS) is 11.3.